The van der Waals surface area contributed by atoms with Crippen LogP contribution in [0.15, 0.2) is 46.0 Å². The third-order valence-corrected chi connectivity index (χ3v) is 5.76. The van der Waals surface area contributed by atoms with E-state index < -0.39 is 0 Å². The highest BCUT2D eigenvalue weighted by Gasteiger charge is 2.34. The molecule has 1 heterocycles. The highest BCUT2D eigenvalue weighted by molar-refractivity contribution is 8.00. The molecule has 0 N–H and O–H groups in total. The molecule has 22 heavy (non-hydrogen) atoms. The minimum atomic E-state index is -0.0830. The van der Waals surface area contributed by atoms with Gasteiger partial charge in [-0.3, -0.25) is 4.79 Å². The van der Waals surface area contributed by atoms with Gasteiger partial charge in [0, 0.05) is 22.5 Å². The van der Waals surface area contributed by atoms with Gasteiger partial charge in [0.1, 0.15) is 0 Å². The summed E-state index contributed by atoms with van der Waals surface area (Å²) in [6, 6.07) is 10.2. The van der Waals surface area contributed by atoms with E-state index in [1.54, 1.807) is 23.1 Å². The molecule has 1 amide bonds. The van der Waals surface area contributed by atoms with Gasteiger partial charge in [0.05, 0.1) is 5.25 Å². The van der Waals surface area contributed by atoms with Crippen LogP contribution in [0.2, 0.25) is 5.02 Å². The Balaban J connectivity index is 1.65. The van der Waals surface area contributed by atoms with Crippen molar-refractivity contribution in [1.29, 1.82) is 0 Å². The van der Waals surface area contributed by atoms with E-state index in [2.05, 4.69) is 21.7 Å². The van der Waals surface area contributed by atoms with E-state index in [-0.39, 0.29) is 11.2 Å². The van der Waals surface area contributed by atoms with Crippen LogP contribution in [0.25, 0.3) is 0 Å². The minimum Gasteiger partial charge on any atom is -0.334 e. The van der Waals surface area contributed by atoms with E-state index in [0.717, 1.165) is 29.3 Å². The molecule has 116 valence electrons. The predicted octanol–water partition coefficient (Wildman–Crippen LogP) is 5.07. The first-order valence-corrected chi connectivity index (χ1v) is 9.57. The maximum absolute atomic E-state index is 12.8. The van der Waals surface area contributed by atoms with Gasteiger partial charge in [-0.15, -0.1) is 11.8 Å². The Bertz CT molecular complexity index is 623. The largest absolute Gasteiger partial charge is 0.334 e. The summed E-state index contributed by atoms with van der Waals surface area (Å²) >= 11 is 9.19. The highest BCUT2D eigenvalue weighted by Crippen LogP contribution is 2.32. The van der Waals surface area contributed by atoms with E-state index in [4.69, 9.17) is 11.6 Å². The Hall–Kier alpha value is -0.970. The van der Waals surface area contributed by atoms with Crippen molar-refractivity contribution in [2.24, 2.45) is 0 Å². The summed E-state index contributed by atoms with van der Waals surface area (Å²) in [4.78, 5) is 15.9. The van der Waals surface area contributed by atoms with Crippen LogP contribution in [0.3, 0.4) is 0 Å². The van der Waals surface area contributed by atoms with Gasteiger partial charge in [-0.05, 0) is 66.4 Å². The molecule has 0 bridgehead atoms. The summed E-state index contributed by atoms with van der Waals surface area (Å²) in [6.07, 6.45) is 2.27. The number of halogens is 1. The average Bonchev–Trinajstić information content (AvgIpc) is 3.23. The molecule has 3 rings (SSSR count). The molecule has 1 aromatic heterocycles. The maximum atomic E-state index is 12.8. The van der Waals surface area contributed by atoms with Crippen molar-refractivity contribution in [3.63, 3.8) is 0 Å². The molecule has 5 heteroatoms. The average molecular weight is 352 g/mol. The second-order valence-electron chi connectivity index (χ2n) is 5.54. The van der Waals surface area contributed by atoms with Crippen LogP contribution in [0, 0.1) is 0 Å². The zero-order chi connectivity index (χ0) is 15.5. The quantitative estimate of drug-likeness (QED) is 0.677. The number of amides is 1. The normalized spacial score (nSPS) is 15.5. The number of rotatable bonds is 6. The first-order valence-electron chi connectivity index (χ1n) is 7.37. The van der Waals surface area contributed by atoms with Gasteiger partial charge in [-0.1, -0.05) is 11.6 Å². The molecule has 1 atom stereocenters. The zero-order valence-corrected chi connectivity index (χ0v) is 14.8. The molecule has 1 aliphatic rings. The summed E-state index contributed by atoms with van der Waals surface area (Å²) in [7, 11) is 0. The molecular formula is C17H18ClNOS2. The van der Waals surface area contributed by atoms with Gasteiger partial charge in [0.15, 0.2) is 0 Å². The van der Waals surface area contributed by atoms with E-state index >= 15 is 0 Å². The molecule has 0 spiro atoms. The number of carbonyl (C=O) groups excluding carboxylic acids is 1. The number of hydrogen-bond acceptors (Lipinski definition) is 3. The lowest BCUT2D eigenvalue weighted by Gasteiger charge is -2.25. The monoisotopic (exact) mass is 351 g/mol. The van der Waals surface area contributed by atoms with Gasteiger partial charge >= 0.3 is 0 Å². The zero-order valence-electron chi connectivity index (χ0n) is 12.4. The molecule has 0 radical (unpaired) electrons. The lowest BCUT2D eigenvalue weighted by atomic mass is 10.3. The van der Waals surface area contributed by atoms with Crippen LogP contribution in [-0.2, 0) is 11.3 Å². The number of thiophene rings is 1. The van der Waals surface area contributed by atoms with Crippen molar-refractivity contribution in [2.75, 3.05) is 0 Å². The van der Waals surface area contributed by atoms with Crippen LogP contribution in [0.1, 0.15) is 25.3 Å². The number of nitrogens with zero attached hydrogens (tertiary/aromatic N) is 1. The third kappa shape index (κ3) is 4.06. The van der Waals surface area contributed by atoms with Gasteiger partial charge in [0.25, 0.3) is 0 Å². The molecule has 2 aromatic rings. The summed E-state index contributed by atoms with van der Waals surface area (Å²) in [5.41, 5.74) is 1.23. The van der Waals surface area contributed by atoms with Crippen molar-refractivity contribution in [1.82, 2.24) is 4.90 Å². The Morgan fingerprint density at radius 1 is 1.36 bits per heavy atom. The van der Waals surface area contributed by atoms with Crippen LogP contribution in [-0.4, -0.2) is 22.1 Å². The van der Waals surface area contributed by atoms with Crippen molar-refractivity contribution >= 4 is 40.6 Å². The predicted molar refractivity (Wildman–Crippen MR) is 94.7 cm³/mol. The number of hydrogen-bond donors (Lipinski definition) is 0. The molecular weight excluding hydrogens is 334 g/mol. The molecule has 2 nitrogen and oxygen atoms in total. The topological polar surface area (TPSA) is 20.3 Å². The summed E-state index contributed by atoms with van der Waals surface area (Å²) in [6.45, 7) is 2.73. The first-order chi connectivity index (χ1) is 10.6. The Morgan fingerprint density at radius 3 is 2.68 bits per heavy atom. The third-order valence-electron chi connectivity index (χ3n) is 3.68. The standard InChI is InChI=1S/C17H18ClNOS2/c1-12(22-16-6-2-14(18)3-7-16)17(20)19(15-4-5-15)10-13-8-9-21-11-13/h2-3,6-9,11-12,15H,4-5,10H2,1H3. The first kappa shape index (κ1) is 15.9. The fourth-order valence-corrected chi connectivity index (χ4v) is 4.08. The summed E-state index contributed by atoms with van der Waals surface area (Å²) < 4.78 is 0. The number of thioether (sulfide) groups is 1. The van der Waals surface area contributed by atoms with Gasteiger partial charge < -0.3 is 4.90 Å². The maximum Gasteiger partial charge on any atom is 0.236 e. The Labute approximate surface area is 144 Å². The number of carbonyl (C=O) groups is 1. The van der Waals surface area contributed by atoms with E-state index in [0.29, 0.717) is 6.04 Å². The fraction of sp³-hybridized carbons (Fsp3) is 0.353. The van der Waals surface area contributed by atoms with Crippen molar-refractivity contribution in [3.8, 4) is 0 Å². The SMILES string of the molecule is CC(Sc1ccc(Cl)cc1)C(=O)N(Cc1ccsc1)C1CC1. The van der Waals surface area contributed by atoms with Gasteiger partial charge in [-0.2, -0.15) is 11.3 Å². The second-order valence-corrected chi connectivity index (χ2v) is 8.17. The van der Waals surface area contributed by atoms with E-state index in [9.17, 15) is 4.79 Å². The molecule has 1 fully saturated rings. The molecule has 1 aromatic carbocycles. The molecule has 1 saturated carbocycles. The van der Waals surface area contributed by atoms with Crippen molar-refractivity contribution in [2.45, 2.75) is 42.5 Å². The Morgan fingerprint density at radius 2 is 2.09 bits per heavy atom. The van der Waals surface area contributed by atoms with Crippen molar-refractivity contribution < 1.29 is 4.79 Å². The van der Waals surface area contributed by atoms with Crippen LogP contribution in [0.5, 0.6) is 0 Å². The van der Waals surface area contributed by atoms with Crippen LogP contribution >= 0.6 is 34.7 Å². The van der Waals surface area contributed by atoms with E-state index in [1.165, 1.54) is 5.56 Å². The van der Waals surface area contributed by atoms with Crippen LogP contribution in [0.4, 0.5) is 0 Å². The summed E-state index contributed by atoms with van der Waals surface area (Å²) in [5, 5.41) is 4.83. The smallest absolute Gasteiger partial charge is 0.236 e. The number of benzene rings is 1. The lowest BCUT2D eigenvalue weighted by molar-refractivity contribution is -0.131. The van der Waals surface area contributed by atoms with Crippen molar-refractivity contribution in [3.05, 3.63) is 51.7 Å². The Kier molecular flexibility index (Phi) is 5.11. The lowest BCUT2D eigenvalue weighted by Crippen LogP contribution is -2.37. The molecule has 1 unspecified atom stereocenters. The minimum absolute atomic E-state index is 0.0830. The van der Waals surface area contributed by atoms with Crippen LogP contribution < -0.4 is 0 Å². The molecule has 0 saturated heterocycles. The highest BCUT2D eigenvalue weighted by atomic mass is 35.5. The van der Waals surface area contributed by atoms with E-state index in [1.807, 2.05) is 31.2 Å². The van der Waals surface area contributed by atoms with Gasteiger partial charge in [-0.25, -0.2) is 0 Å². The fourth-order valence-electron chi connectivity index (χ4n) is 2.35. The molecule has 1 aliphatic carbocycles. The summed E-state index contributed by atoms with van der Waals surface area (Å²) in [5.74, 6) is 0.230. The second kappa shape index (κ2) is 7.07. The van der Waals surface area contributed by atoms with Gasteiger partial charge in [0.2, 0.25) is 5.91 Å². The molecule has 0 aliphatic heterocycles.